The van der Waals surface area contributed by atoms with E-state index >= 15 is 0 Å². The number of nitrogens with zero attached hydrogens (tertiary/aromatic N) is 5. The van der Waals surface area contributed by atoms with Gasteiger partial charge in [0, 0.05) is 50.8 Å². The lowest BCUT2D eigenvalue weighted by Crippen LogP contribution is -2.47. The van der Waals surface area contributed by atoms with Gasteiger partial charge in [0.25, 0.3) is 0 Å². The first kappa shape index (κ1) is 18.6. The lowest BCUT2D eigenvalue weighted by molar-refractivity contribution is 0.137. The Labute approximate surface area is 165 Å². The summed E-state index contributed by atoms with van der Waals surface area (Å²) in [4.78, 5) is 22.7. The van der Waals surface area contributed by atoms with Crippen molar-refractivity contribution in [2.24, 2.45) is 5.92 Å². The number of likely N-dealkylation sites (tertiary alicyclic amines) is 2. The fraction of sp³-hybridized carbons (Fsp3) is 0.550. The van der Waals surface area contributed by atoms with Crippen molar-refractivity contribution in [1.82, 2.24) is 25.3 Å². The summed E-state index contributed by atoms with van der Waals surface area (Å²) in [7, 11) is 1.72. The number of hydrogen-bond donors (Lipinski definition) is 1. The third-order valence-corrected chi connectivity index (χ3v) is 5.88. The van der Waals surface area contributed by atoms with Crippen molar-refractivity contribution in [2.75, 3.05) is 31.6 Å². The van der Waals surface area contributed by atoms with Gasteiger partial charge in [0.05, 0.1) is 0 Å². The molecule has 1 aromatic heterocycles. The summed E-state index contributed by atoms with van der Waals surface area (Å²) in [5, 5.41) is 6.64. The van der Waals surface area contributed by atoms with Crippen LogP contribution >= 0.6 is 0 Å². The summed E-state index contributed by atoms with van der Waals surface area (Å²) in [5.41, 5.74) is 1.18. The van der Waals surface area contributed by atoms with E-state index in [0.717, 1.165) is 45.3 Å². The maximum Gasteiger partial charge on any atom is 0.332 e. The highest BCUT2D eigenvalue weighted by Gasteiger charge is 2.36. The van der Waals surface area contributed by atoms with E-state index in [0.29, 0.717) is 23.8 Å². The fourth-order valence-corrected chi connectivity index (χ4v) is 4.45. The van der Waals surface area contributed by atoms with Gasteiger partial charge in [-0.15, -0.1) is 0 Å². The number of urea groups is 1. The zero-order valence-electron chi connectivity index (χ0n) is 16.5. The van der Waals surface area contributed by atoms with Crippen molar-refractivity contribution in [3.8, 4) is 0 Å². The van der Waals surface area contributed by atoms with Crippen LogP contribution in [0.25, 0.3) is 0 Å². The molecule has 0 saturated carbocycles. The van der Waals surface area contributed by atoms with Crippen LogP contribution in [0.2, 0.25) is 0 Å². The van der Waals surface area contributed by atoms with Gasteiger partial charge in [0.2, 0.25) is 0 Å². The fourth-order valence-electron chi connectivity index (χ4n) is 4.45. The van der Waals surface area contributed by atoms with E-state index in [1.165, 1.54) is 5.70 Å². The number of aromatic nitrogens is 2. The van der Waals surface area contributed by atoms with Gasteiger partial charge in [-0.2, -0.15) is 4.98 Å². The molecule has 4 heterocycles. The van der Waals surface area contributed by atoms with Gasteiger partial charge in [0.15, 0.2) is 5.82 Å². The Balaban J connectivity index is 1.36. The van der Waals surface area contributed by atoms with Crippen LogP contribution in [0.1, 0.15) is 31.5 Å². The van der Waals surface area contributed by atoms with Gasteiger partial charge in [0.1, 0.15) is 0 Å². The molecular weight excluding hydrogens is 356 g/mol. The van der Waals surface area contributed by atoms with Crippen LogP contribution in [-0.2, 0) is 0 Å². The Bertz CT molecular complexity index is 790. The SMILES string of the molecule is CNC(=O)N1CCC[C@H]1C1CCN(C2=CC=CN(c3nc(C)no3)C=C2)CC1. The lowest BCUT2D eigenvalue weighted by Gasteiger charge is -2.39. The first-order valence-electron chi connectivity index (χ1n) is 10.0. The molecule has 150 valence electrons. The number of allylic oxidation sites excluding steroid dienone is 3. The van der Waals surface area contributed by atoms with Crippen molar-refractivity contribution in [1.29, 1.82) is 0 Å². The van der Waals surface area contributed by atoms with Crippen LogP contribution in [0.5, 0.6) is 0 Å². The highest BCUT2D eigenvalue weighted by Crippen LogP contribution is 2.32. The maximum atomic E-state index is 12.1. The number of anilines is 1. The van der Waals surface area contributed by atoms with Crippen molar-refractivity contribution >= 4 is 12.0 Å². The second kappa shape index (κ2) is 8.08. The second-order valence-corrected chi connectivity index (χ2v) is 7.56. The molecule has 1 atom stereocenters. The minimum atomic E-state index is 0.0702. The maximum absolute atomic E-state index is 12.1. The third-order valence-electron chi connectivity index (χ3n) is 5.88. The van der Waals surface area contributed by atoms with E-state index in [2.05, 4.69) is 32.5 Å². The lowest BCUT2D eigenvalue weighted by atomic mass is 9.87. The average molecular weight is 384 g/mol. The Morgan fingerprint density at radius 3 is 2.75 bits per heavy atom. The topological polar surface area (TPSA) is 77.7 Å². The molecule has 28 heavy (non-hydrogen) atoms. The van der Waals surface area contributed by atoms with Gasteiger partial charge >= 0.3 is 12.0 Å². The highest BCUT2D eigenvalue weighted by molar-refractivity contribution is 5.74. The van der Waals surface area contributed by atoms with E-state index in [9.17, 15) is 4.79 Å². The second-order valence-electron chi connectivity index (χ2n) is 7.56. The molecule has 0 aromatic carbocycles. The van der Waals surface area contributed by atoms with Crippen LogP contribution in [0.15, 0.2) is 40.8 Å². The van der Waals surface area contributed by atoms with Crippen LogP contribution < -0.4 is 10.2 Å². The molecule has 0 aliphatic carbocycles. The Hall–Kier alpha value is -2.77. The summed E-state index contributed by atoms with van der Waals surface area (Å²) < 4.78 is 5.24. The largest absolute Gasteiger partial charge is 0.371 e. The smallest absolute Gasteiger partial charge is 0.332 e. The molecule has 0 bridgehead atoms. The first-order chi connectivity index (χ1) is 13.7. The molecule has 8 nitrogen and oxygen atoms in total. The molecule has 4 rings (SSSR count). The van der Waals surface area contributed by atoms with Crippen LogP contribution in [0, 0.1) is 12.8 Å². The number of piperidine rings is 1. The van der Waals surface area contributed by atoms with Gasteiger partial charge in [-0.05, 0) is 56.8 Å². The zero-order valence-corrected chi connectivity index (χ0v) is 16.5. The molecular formula is C20H28N6O2. The predicted octanol–water partition coefficient (Wildman–Crippen LogP) is 2.63. The number of hydrogen-bond acceptors (Lipinski definition) is 6. The molecule has 2 saturated heterocycles. The quantitative estimate of drug-likeness (QED) is 0.863. The third kappa shape index (κ3) is 3.76. The molecule has 0 spiro atoms. The summed E-state index contributed by atoms with van der Waals surface area (Å²) in [6.45, 7) is 4.70. The molecule has 2 amide bonds. The minimum absolute atomic E-state index is 0.0702. The summed E-state index contributed by atoms with van der Waals surface area (Å²) in [5.74, 6) is 1.20. The molecule has 3 aliphatic rings. The van der Waals surface area contributed by atoms with Crippen molar-refractivity contribution in [2.45, 2.75) is 38.6 Å². The monoisotopic (exact) mass is 384 g/mol. The Morgan fingerprint density at radius 2 is 2.04 bits per heavy atom. The number of aryl methyl sites for hydroxylation is 1. The van der Waals surface area contributed by atoms with Crippen LogP contribution in [0.4, 0.5) is 10.8 Å². The molecule has 1 aromatic rings. The molecule has 1 N–H and O–H groups in total. The summed E-state index contributed by atoms with van der Waals surface area (Å²) in [6.07, 6.45) is 14.6. The first-order valence-corrected chi connectivity index (χ1v) is 10.0. The Morgan fingerprint density at radius 1 is 1.21 bits per heavy atom. The summed E-state index contributed by atoms with van der Waals surface area (Å²) >= 11 is 0. The Kier molecular flexibility index (Phi) is 5.36. The van der Waals surface area contributed by atoms with Gasteiger partial charge in [-0.1, -0.05) is 5.16 Å². The van der Waals surface area contributed by atoms with Crippen molar-refractivity contribution < 1.29 is 9.32 Å². The van der Waals surface area contributed by atoms with Gasteiger partial charge < -0.3 is 19.6 Å². The van der Waals surface area contributed by atoms with E-state index < -0.39 is 0 Å². The van der Waals surface area contributed by atoms with Gasteiger partial charge in [-0.3, -0.25) is 4.90 Å². The number of carbonyl (C=O) groups excluding carboxylic acids is 1. The van der Waals surface area contributed by atoms with Crippen molar-refractivity contribution in [3.05, 3.63) is 42.1 Å². The van der Waals surface area contributed by atoms with Gasteiger partial charge in [-0.25, -0.2) is 4.79 Å². The van der Waals surface area contributed by atoms with Crippen LogP contribution in [-0.4, -0.2) is 58.7 Å². The molecule has 8 heteroatoms. The van der Waals surface area contributed by atoms with Crippen LogP contribution in [0.3, 0.4) is 0 Å². The van der Waals surface area contributed by atoms with E-state index in [-0.39, 0.29) is 6.03 Å². The summed E-state index contributed by atoms with van der Waals surface area (Å²) in [6, 6.07) is 0.923. The number of nitrogens with one attached hydrogen (secondary N) is 1. The van der Waals surface area contributed by atoms with Crippen molar-refractivity contribution in [3.63, 3.8) is 0 Å². The standard InChI is InChI=1S/C20H28N6O2/c1-15-22-20(28-23-15)25-10-3-5-17(9-14-25)24-12-7-16(8-13-24)18-6-4-11-26(18)19(27)21-2/h3,5,9-10,14,16,18H,4,6-8,11-13H2,1-2H3,(H,21,27)/t18-/m0/s1. The van der Waals surface area contributed by atoms with E-state index in [1.54, 1.807) is 7.05 Å². The van der Waals surface area contributed by atoms with E-state index in [1.807, 2.05) is 35.2 Å². The predicted molar refractivity (Wildman–Crippen MR) is 106 cm³/mol. The molecule has 0 radical (unpaired) electrons. The number of amides is 2. The molecule has 2 fully saturated rings. The van der Waals surface area contributed by atoms with E-state index in [4.69, 9.17) is 4.52 Å². The minimum Gasteiger partial charge on any atom is -0.371 e. The number of carbonyl (C=O) groups is 1. The molecule has 3 aliphatic heterocycles. The number of rotatable bonds is 3. The normalized spacial score (nSPS) is 23.1. The zero-order chi connectivity index (χ0) is 19.5. The molecule has 0 unspecified atom stereocenters. The average Bonchev–Trinajstić information content (AvgIpc) is 3.31. The highest BCUT2D eigenvalue weighted by atomic mass is 16.5.